The number of rotatable bonds is 6. The number of amides is 1. The first-order valence-electron chi connectivity index (χ1n) is 8.57. The first-order chi connectivity index (χ1) is 13.7. The van der Waals surface area contributed by atoms with Crippen LogP contribution in [-0.2, 0) is 6.54 Å². The van der Waals surface area contributed by atoms with Crippen LogP contribution in [0.15, 0.2) is 71.4 Å². The van der Waals surface area contributed by atoms with Crippen molar-refractivity contribution in [2.45, 2.75) is 6.54 Å². The molecule has 2 aromatic heterocycles. The zero-order valence-electron chi connectivity index (χ0n) is 14.7. The molecule has 0 aliphatic heterocycles. The number of thiophene rings is 1. The van der Waals surface area contributed by atoms with E-state index in [2.05, 4.69) is 10.4 Å². The van der Waals surface area contributed by atoms with Crippen LogP contribution in [0, 0.1) is 0 Å². The molecule has 0 aliphatic carbocycles. The molecule has 0 saturated heterocycles. The van der Waals surface area contributed by atoms with Crippen molar-refractivity contribution < 1.29 is 10.0 Å². The number of hydrogen-bond donors (Lipinski definition) is 3. The second-order valence-corrected chi connectivity index (χ2v) is 6.76. The van der Waals surface area contributed by atoms with Gasteiger partial charge >= 0.3 is 0 Å². The van der Waals surface area contributed by atoms with Gasteiger partial charge in [-0.15, -0.1) is 5.10 Å². The third-order valence-electron chi connectivity index (χ3n) is 4.15. The summed E-state index contributed by atoms with van der Waals surface area (Å²) in [5.41, 5.74) is 4.74. The molecule has 2 heterocycles. The summed E-state index contributed by atoms with van der Waals surface area (Å²) in [6.07, 6.45) is 0. The Kier molecular flexibility index (Phi) is 5.14. The standard InChI is InChI=1S/C20H17N5O2S/c26-20(24-27)14-6-8-16(9-7-14)21-12-18-22-19(15-10-11-28-13-15)23-25(18)17-4-2-1-3-5-17/h1-11,13,21,27H,12H2,(H,24,26). The molecule has 28 heavy (non-hydrogen) atoms. The average molecular weight is 391 g/mol. The van der Waals surface area contributed by atoms with E-state index < -0.39 is 5.91 Å². The predicted octanol–water partition coefficient (Wildman–Crippen LogP) is 3.73. The summed E-state index contributed by atoms with van der Waals surface area (Å²) in [7, 11) is 0. The summed E-state index contributed by atoms with van der Waals surface area (Å²) < 4.78 is 1.83. The van der Waals surface area contributed by atoms with Gasteiger partial charge in [0.05, 0.1) is 12.2 Å². The van der Waals surface area contributed by atoms with Crippen molar-refractivity contribution in [3.8, 4) is 17.1 Å². The number of aromatic nitrogens is 3. The van der Waals surface area contributed by atoms with Gasteiger partial charge in [-0.3, -0.25) is 10.0 Å². The highest BCUT2D eigenvalue weighted by Gasteiger charge is 2.13. The van der Waals surface area contributed by atoms with E-state index in [1.54, 1.807) is 41.1 Å². The second-order valence-electron chi connectivity index (χ2n) is 5.98. The maximum atomic E-state index is 11.4. The Morgan fingerprint density at radius 1 is 1.07 bits per heavy atom. The van der Waals surface area contributed by atoms with Crippen LogP contribution in [0.25, 0.3) is 17.1 Å². The molecule has 0 fully saturated rings. The minimum absolute atomic E-state index is 0.375. The Morgan fingerprint density at radius 2 is 1.86 bits per heavy atom. The lowest BCUT2D eigenvalue weighted by atomic mass is 10.2. The van der Waals surface area contributed by atoms with Crippen LogP contribution < -0.4 is 10.8 Å². The first-order valence-corrected chi connectivity index (χ1v) is 9.51. The van der Waals surface area contributed by atoms with Crippen molar-refractivity contribution in [3.05, 3.63) is 82.8 Å². The first kappa shape index (κ1) is 17.9. The fourth-order valence-electron chi connectivity index (χ4n) is 2.73. The van der Waals surface area contributed by atoms with Crippen LogP contribution in [0.5, 0.6) is 0 Å². The molecule has 0 aliphatic rings. The van der Waals surface area contributed by atoms with E-state index in [0.717, 1.165) is 22.8 Å². The number of hydroxylamine groups is 1. The molecule has 1 amide bonds. The van der Waals surface area contributed by atoms with Crippen LogP contribution in [0.3, 0.4) is 0 Å². The van der Waals surface area contributed by atoms with Crippen molar-refractivity contribution in [1.29, 1.82) is 0 Å². The Balaban J connectivity index is 1.59. The zero-order valence-corrected chi connectivity index (χ0v) is 15.6. The van der Waals surface area contributed by atoms with Gasteiger partial charge in [0.2, 0.25) is 0 Å². The van der Waals surface area contributed by atoms with Crippen molar-refractivity contribution in [2.75, 3.05) is 5.32 Å². The van der Waals surface area contributed by atoms with Crippen LogP contribution in [0.1, 0.15) is 16.2 Å². The molecular formula is C20H17N5O2S. The quantitative estimate of drug-likeness (QED) is 0.344. The monoisotopic (exact) mass is 391 g/mol. The molecule has 0 bridgehead atoms. The smallest absolute Gasteiger partial charge is 0.274 e. The largest absolute Gasteiger partial charge is 0.378 e. The lowest BCUT2D eigenvalue weighted by Crippen LogP contribution is -2.18. The topological polar surface area (TPSA) is 92.1 Å². The SMILES string of the molecule is O=C(NO)c1ccc(NCc2nc(-c3ccsc3)nn2-c2ccccc2)cc1. The Bertz CT molecular complexity index is 1060. The minimum atomic E-state index is -0.546. The fourth-order valence-corrected chi connectivity index (χ4v) is 3.37. The van der Waals surface area contributed by atoms with E-state index in [9.17, 15) is 4.79 Å². The number of para-hydroxylation sites is 1. The molecule has 0 atom stereocenters. The number of benzene rings is 2. The molecular weight excluding hydrogens is 374 g/mol. The zero-order chi connectivity index (χ0) is 19.3. The van der Waals surface area contributed by atoms with Gasteiger partial charge in [-0.05, 0) is 47.8 Å². The van der Waals surface area contributed by atoms with E-state index >= 15 is 0 Å². The van der Waals surface area contributed by atoms with Crippen LogP contribution in [0.2, 0.25) is 0 Å². The van der Waals surface area contributed by atoms with Gasteiger partial charge in [0.15, 0.2) is 11.6 Å². The van der Waals surface area contributed by atoms with Gasteiger partial charge in [0.1, 0.15) is 0 Å². The lowest BCUT2D eigenvalue weighted by Gasteiger charge is -2.08. The van der Waals surface area contributed by atoms with Crippen LogP contribution in [-0.4, -0.2) is 25.9 Å². The highest BCUT2D eigenvalue weighted by atomic mass is 32.1. The third-order valence-corrected chi connectivity index (χ3v) is 4.84. The van der Waals surface area contributed by atoms with Crippen molar-refractivity contribution in [1.82, 2.24) is 20.2 Å². The maximum Gasteiger partial charge on any atom is 0.274 e. The number of carbonyl (C=O) groups is 1. The summed E-state index contributed by atoms with van der Waals surface area (Å²) in [6.45, 7) is 0.456. The highest BCUT2D eigenvalue weighted by molar-refractivity contribution is 7.08. The van der Waals surface area contributed by atoms with E-state index in [1.807, 2.05) is 51.8 Å². The number of anilines is 1. The molecule has 2 aromatic carbocycles. The van der Waals surface area contributed by atoms with E-state index in [-0.39, 0.29) is 0 Å². The number of nitrogens with one attached hydrogen (secondary N) is 2. The minimum Gasteiger partial charge on any atom is -0.378 e. The van der Waals surface area contributed by atoms with Gasteiger partial charge in [-0.1, -0.05) is 18.2 Å². The highest BCUT2D eigenvalue weighted by Crippen LogP contribution is 2.21. The molecule has 0 unspecified atom stereocenters. The second kappa shape index (κ2) is 8.03. The predicted molar refractivity (Wildman–Crippen MR) is 108 cm³/mol. The average Bonchev–Trinajstić information content (AvgIpc) is 3.42. The summed E-state index contributed by atoms with van der Waals surface area (Å²) in [4.78, 5) is 16.1. The molecule has 140 valence electrons. The number of nitrogens with zero attached hydrogens (tertiary/aromatic N) is 3. The van der Waals surface area contributed by atoms with Gasteiger partial charge in [0.25, 0.3) is 5.91 Å². The Labute approximate surface area is 165 Å². The van der Waals surface area contributed by atoms with E-state index in [1.165, 1.54) is 0 Å². The summed E-state index contributed by atoms with van der Waals surface area (Å²) in [6, 6.07) is 18.7. The third kappa shape index (κ3) is 3.78. The van der Waals surface area contributed by atoms with Gasteiger partial charge < -0.3 is 5.32 Å². The molecule has 4 rings (SSSR count). The molecule has 0 saturated carbocycles. The maximum absolute atomic E-state index is 11.4. The molecule has 7 nitrogen and oxygen atoms in total. The Hall–Kier alpha value is -3.49. The van der Waals surface area contributed by atoms with Crippen LogP contribution in [0.4, 0.5) is 5.69 Å². The fraction of sp³-hybridized carbons (Fsp3) is 0.0500. The van der Waals surface area contributed by atoms with E-state index in [0.29, 0.717) is 17.9 Å². The molecule has 0 radical (unpaired) electrons. The van der Waals surface area contributed by atoms with Crippen molar-refractivity contribution in [2.24, 2.45) is 0 Å². The summed E-state index contributed by atoms with van der Waals surface area (Å²) in [5.74, 6) is 0.900. The van der Waals surface area contributed by atoms with E-state index in [4.69, 9.17) is 10.2 Å². The molecule has 4 aromatic rings. The van der Waals surface area contributed by atoms with Crippen LogP contribution >= 0.6 is 11.3 Å². The van der Waals surface area contributed by atoms with Gasteiger partial charge in [-0.2, -0.15) is 11.3 Å². The summed E-state index contributed by atoms with van der Waals surface area (Å²) in [5, 5.41) is 20.7. The lowest BCUT2D eigenvalue weighted by molar-refractivity contribution is 0.0706. The molecule has 0 spiro atoms. The van der Waals surface area contributed by atoms with Crippen molar-refractivity contribution in [3.63, 3.8) is 0 Å². The van der Waals surface area contributed by atoms with Gasteiger partial charge in [-0.25, -0.2) is 15.1 Å². The number of carbonyl (C=O) groups excluding carboxylic acids is 1. The normalized spacial score (nSPS) is 10.6. The molecule has 3 N–H and O–H groups in total. The van der Waals surface area contributed by atoms with Gasteiger partial charge in [0, 0.05) is 22.2 Å². The summed E-state index contributed by atoms with van der Waals surface area (Å²) >= 11 is 1.61. The van der Waals surface area contributed by atoms with Crippen molar-refractivity contribution >= 4 is 22.9 Å². The Morgan fingerprint density at radius 3 is 2.54 bits per heavy atom. The molecule has 8 heteroatoms. The number of hydrogen-bond acceptors (Lipinski definition) is 6.